The number of aliphatic hydroxyl groups is 1. The van der Waals surface area contributed by atoms with Crippen molar-refractivity contribution in [3.8, 4) is 0 Å². The average molecular weight is 383 g/mol. The quantitative estimate of drug-likeness (QED) is 0.583. The predicted molar refractivity (Wildman–Crippen MR) is 113 cm³/mol. The van der Waals surface area contributed by atoms with Gasteiger partial charge in [0.2, 0.25) is 0 Å². The monoisotopic (exact) mass is 382 g/mol. The fourth-order valence-corrected chi connectivity index (χ4v) is 9.56. The van der Waals surface area contributed by atoms with E-state index >= 15 is 0 Å². The van der Waals surface area contributed by atoms with Crippen molar-refractivity contribution in [2.75, 3.05) is 0 Å². The van der Waals surface area contributed by atoms with Crippen LogP contribution in [-0.2, 0) is 4.79 Å². The van der Waals surface area contributed by atoms with Crippen molar-refractivity contribution in [1.82, 2.24) is 0 Å². The van der Waals surface area contributed by atoms with E-state index in [1.54, 1.807) is 6.08 Å². The number of aliphatic hydroxyl groups excluding tert-OH is 1. The van der Waals surface area contributed by atoms with Crippen molar-refractivity contribution in [3.63, 3.8) is 0 Å². The first kappa shape index (κ1) is 19.1. The summed E-state index contributed by atoms with van der Waals surface area (Å²) in [5.74, 6) is 2.10. The van der Waals surface area contributed by atoms with Crippen molar-refractivity contribution >= 4 is 5.78 Å². The second-order valence-corrected chi connectivity index (χ2v) is 12.3. The highest BCUT2D eigenvalue weighted by Gasteiger charge is 2.68. The second kappa shape index (κ2) is 5.62. The van der Waals surface area contributed by atoms with E-state index < -0.39 is 0 Å². The minimum atomic E-state index is -0.319. The van der Waals surface area contributed by atoms with E-state index in [2.05, 4.69) is 46.8 Å². The highest BCUT2D eigenvalue weighted by atomic mass is 16.3. The zero-order valence-corrected chi connectivity index (χ0v) is 18.4. The van der Waals surface area contributed by atoms with Crippen LogP contribution in [0.4, 0.5) is 0 Å². The molecular weight excluding hydrogens is 344 g/mol. The molecule has 0 saturated heterocycles. The van der Waals surface area contributed by atoms with Crippen molar-refractivity contribution in [1.29, 1.82) is 0 Å². The lowest BCUT2D eigenvalue weighted by molar-refractivity contribution is -0.229. The summed E-state index contributed by atoms with van der Waals surface area (Å²) in [5.41, 5.74) is 1.76. The van der Waals surface area contributed by atoms with Crippen LogP contribution in [0.15, 0.2) is 23.8 Å². The largest absolute Gasteiger partial charge is 0.393 e. The molecule has 0 heterocycles. The number of hydrogen-bond donors (Lipinski definition) is 1. The van der Waals surface area contributed by atoms with Gasteiger partial charge in [-0.15, -0.1) is 0 Å². The predicted octanol–water partition coefficient (Wildman–Crippen LogP) is 5.71. The smallest absolute Gasteiger partial charge is 0.181 e. The first-order chi connectivity index (χ1) is 13.0. The van der Waals surface area contributed by atoms with E-state index in [1.165, 1.54) is 32.1 Å². The van der Waals surface area contributed by atoms with Gasteiger partial charge < -0.3 is 5.11 Å². The maximum atomic E-state index is 12.4. The molecule has 154 valence electrons. The fourth-order valence-electron chi connectivity index (χ4n) is 9.56. The Kier molecular flexibility index (Phi) is 3.83. The summed E-state index contributed by atoms with van der Waals surface area (Å²) in [6, 6.07) is 0. The SMILES string of the molecule is CC1(C)CCC[C@]2(C)[C@H]3C[C@H](O)[C@]4(C)[C@H]5C=CC(=O)C5=CC[C@H]4[C@]3(C)CC[C@@H]12. The summed E-state index contributed by atoms with van der Waals surface area (Å²) in [6.45, 7) is 12.4. The van der Waals surface area contributed by atoms with E-state index in [4.69, 9.17) is 0 Å². The van der Waals surface area contributed by atoms with Gasteiger partial charge in [0.05, 0.1) is 6.10 Å². The van der Waals surface area contributed by atoms with Gasteiger partial charge in [-0.3, -0.25) is 4.79 Å². The summed E-state index contributed by atoms with van der Waals surface area (Å²) in [5, 5.41) is 11.6. The maximum absolute atomic E-state index is 12.4. The van der Waals surface area contributed by atoms with Crippen molar-refractivity contribution in [2.45, 2.75) is 85.7 Å². The maximum Gasteiger partial charge on any atom is 0.181 e. The standard InChI is InChI=1S/C26H38O2/c1-23(2)12-6-13-24(3)19(23)11-14-25(4)20-10-7-16-17(8-9-18(16)27)26(20,5)22(28)15-21(24)25/h7-9,17,19-22,28H,6,10-15H2,1-5H3/t17-,19-,20-,21+,22-,24-,25-,26+/m0/s1. The Morgan fingerprint density at radius 1 is 0.964 bits per heavy atom. The van der Waals surface area contributed by atoms with Crippen molar-refractivity contribution < 1.29 is 9.90 Å². The molecule has 0 aromatic carbocycles. The summed E-state index contributed by atoms with van der Waals surface area (Å²) in [4.78, 5) is 12.4. The van der Waals surface area contributed by atoms with Crippen LogP contribution in [0.25, 0.3) is 0 Å². The van der Waals surface area contributed by atoms with E-state index in [0.29, 0.717) is 22.7 Å². The van der Waals surface area contributed by atoms with Crippen LogP contribution in [0.2, 0.25) is 0 Å². The normalized spacial score (nSPS) is 54.3. The second-order valence-electron chi connectivity index (χ2n) is 12.3. The minimum absolute atomic E-state index is 0.111. The number of rotatable bonds is 0. The number of hydrogen-bond acceptors (Lipinski definition) is 2. The average Bonchev–Trinajstić information content (AvgIpc) is 2.99. The van der Waals surface area contributed by atoms with Gasteiger partial charge in [0.25, 0.3) is 0 Å². The molecule has 3 saturated carbocycles. The van der Waals surface area contributed by atoms with Gasteiger partial charge in [-0.05, 0) is 78.6 Å². The third-order valence-corrected chi connectivity index (χ3v) is 10.9. The first-order valence-electron chi connectivity index (χ1n) is 11.7. The lowest BCUT2D eigenvalue weighted by Crippen LogP contribution is -2.66. The van der Waals surface area contributed by atoms with Crippen LogP contribution in [0, 0.1) is 45.3 Å². The van der Waals surface area contributed by atoms with E-state index in [1.807, 2.05) is 0 Å². The Hall–Kier alpha value is -0.890. The van der Waals surface area contributed by atoms with Crippen LogP contribution >= 0.6 is 0 Å². The molecule has 0 amide bonds. The van der Waals surface area contributed by atoms with Gasteiger partial charge >= 0.3 is 0 Å². The molecule has 2 nitrogen and oxygen atoms in total. The van der Waals surface area contributed by atoms with E-state index in [0.717, 1.165) is 24.3 Å². The Morgan fingerprint density at radius 3 is 2.43 bits per heavy atom. The zero-order valence-electron chi connectivity index (χ0n) is 18.4. The molecule has 0 aliphatic heterocycles. The van der Waals surface area contributed by atoms with Gasteiger partial charge in [0.1, 0.15) is 0 Å². The number of carbonyl (C=O) groups excluding carboxylic acids is 1. The van der Waals surface area contributed by atoms with Crippen LogP contribution < -0.4 is 0 Å². The third kappa shape index (κ3) is 2.11. The zero-order chi connectivity index (χ0) is 20.1. The molecule has 0 radical (unpaired) electrons. The highest BCUT2D eigenvalue weighted by Crippen LogP contribution is 2.73. The topological polar surface area (TPSA) is 37.3 Å². The van der Waals surface area contributed by atoms with Crippen molar-refractivity contribution in [2.24, 2.45) is 45.3 Å². The van der Waals surface area contributed by atoms with Crippen LogP contribution in [0.1, 0.15) is 79.6 Å². The first-order valence-corrected chi connectivity index (χ1v) is 11.7. The number of fused-ring (bicyclic) bond motifs is 7. The highest BCUT2D eigenvalue weighted by molar-refractivity contribution is 6.07. The fraction of sp³-hybridized carbons (Fsp3) is 0.808. The molecular formula is C26H38O2. The molecule has 3 fully saturated rings. The summed E-state index contributed by atoms with van der Waals surface area (Å²) < 4.78 is 0. The molecule has 2 heteroatoms. The van der Waals surface area contributed by atoms with Gasteiger partial charge in [0.15, 0.2) is 5.78 Å². The Labute approximate surface area is 170 Å². The molecule has 0 spiro atoms. The van der Waals surface area contributed by atoms with Crippen molar-refractivity contribution in [3.05, 3.63) is 23.8 Å². The van der Waals surface area contributed by atoms with E-state index in [9.17, 15) is 9.90 Å². The Bertz CT molecular complexity index is 775. The van der Waals surface area contributed by atoms with Crippen LogP contribution in [0.3, 0.4) is 0 Å². The third-order valence-electron chi connectivity index (χ3n) is 10.9. The summed E-state index contributed by atoms with van der Waals surface area (Å²) in [7, 11) is 0. The number of ketones is 1. The molecule has 8 atom stereocenters. The number of allylic oxidation sites excluding steroid dienone is 4. The lowest BCUT2D eigenvalue weighted by Gasteiger charge is -2.70. The van der Waals surface area contributed by atoms with Gasteiger partial charge in [-0.2, -0.15) is 0 Å². The van der Waals surface area contributed by atoms with Gasteiger partial charge in [-0.1, -0.05) is 53.2 Å². The molecule has 28 heavy (non-hydrogen) atoms. The van der Waals surface area contributed by atoms with Crippen LogP contribution in [-0.4, -0.2) is 17.0 Å². The molecule has 5 rings (SSSR count). The van der Waals surface area contributed by atoms with Crippen LogP contribution in [0.5, 0.6) is 0 Å². The molecule has 5 aliphatic carbocycles. The summed E-state index contributed by atoms with van der Waals surface area (Å²) in [6.07, 6.45) is 14.3. The minimum Gasteiger partial charge on any atom is -0.393 e. The molecule has 5 aliphatic rings. The molecule has 0 unspecified atom stereocenters. The summed E-state index contributed by atoms with van der Waals surface area (Å²) >= 11 is 0. The molecule has 0 aromatic rings. The Balaban J connectivity index is 1.60. The van der Waals surface area contributed by atoms with E-state index in [-0.39, 0.29) is 28.6 Å². The Morgan fingerprint density at radius 2 is 1.68 bits per heavy atom. The van der Waals surface area contributed by atoms with Gasteiger partial charge in [0, 0.05) is 16.9 Å². The lowest BCUT2D eigenvalue weighted by atomic mass is 9.35. The molecule has 1 N–H and O–H groups in total. The number of carbonyl (C=O) groups is 1. The van der Waals surface area contributed by atoms with Gasteiger partial charge in [-0.25, -0.2) is 0 Å². The molecule has 0 aromatic heterocycles. The molecule has 0 bridgehead atoms.